The Balaban J connectivity index is 1.37. The summed E-state index contributed by atoms with van der Waals surface area (Å²) in [4.78, 5) is 12.7. The summed E-state index contributed by atoms with van der Waals surface area (Å²) in [5, 5.41) is 5.54. The molecular weight excluding hydrogens is 324 g/mol. The SMILES string of the molecule is C/C(=N/NC(=O)c1oc2ccccc2c1C)C12CC3CC(CC(C3)C1)C2. The average molecular weight is 350 g/mol. The molecule has 4 aliphatic carbocycles. The van der Waals surface area contributed by atoms with Crippen LogP contribution in [0.2, 0.25) is 0 Å². The van der Waals surface area contributed by atoms with E-state index in [1.807, 2.05) is 31.2 Å². The van der Waals surface area contributed by atoms with Gasteiger partial charge in [-0.25, -0.2) is 5.43 Å². The van der Waals surface area contributed by atoms with E-state index in [0.717, 1.165) is 40.0 Å². The van der Waals surface area contributed by atoms with Crippen molar-refractivity contribution in [3.63, 3.8) is 0 Å². The van der Waals surface area contributed by atoms with E-state index in [1.54, 1.807) is 0 Å². The zero-order valence-electron chi connectivity index (χ0n) is 15.5. The first-order valence-corrected chi connectivity index (χ1v) is 9.87. The van der Waals surface area contributed by atoms with E-state index in [9.17, 15) is 4.79 Å². The molecule has 0 unspecified atom stereocenters. The van der Waals surface area contributed by atoms with E-state index in [-0.39, 0.29) is 11.3 Å². The summed E-state index contributed by atoms with van der Waals surface area (Å²) in [6.07, 6.45) is 8.01. The highest BCUT2D eigenvalue weighted by atomic mass is 16.3. The number of rotatable bonds is 3. The monoisotopic (exact) mass is 350 g/mol. The van der Waals surface area contributed by atoms with Crippen LogP contribution in [-0.2, 0) is 0 Å². The van der Waals surface area contributed by atoms with E-state index in [4.69, 9.17) is 4.42 Å². The van der Waals surface area contributed by atoms with Crippen LogP contribution in [0.3, 0.4) is 0 Å². The molecule has 1 heterocycles. The van der Waals surface area contributed by atoms with Gasteiger partial charge in [0.15, 0.2) is 5.76 Å². The van der Waals surface area contributed by atoms with Crippen LogP contribution in [0, 0.1) is 30.1 Å². The van der Waals surface area contributed by atoms with Crippen LogP contribution < -0.4 is 5.43 Å². The maximum Gasteiger partial charge on any atom is 0.307 e. The normalized spacial score (nSPS) is 33.0. The second kappa shape index (κ2) is 5.70. The van der Waals surface area contributed by atoms with Crippen molar-refractivity contribution in [1.29, 1.82) is 0 Å². The fraction of sp³-hybridized carbons (Fsp3) is 0.545. The van der Waals surface area contributed by atoms with Gasteiger partial charge in [-0.15, -0.1) is 0 Å². The number of carbonyl (C=O) groups is 1. The number of fused-ring (bicyclic) bond motifs is 1. The van der Waals surface area contributed by atoms with Crippen molar-refractivity contribution in [3.8, 4) is 0 Å². The third-order valence-corrected chi connectivity index (χ3v) is 7.18. The molecule has 0 atom stereocenters. The Morgan fingerprint density at radius 1 is 1.12 bits per heavy atom. The molecule has 4 heteroatoms. The van der Waals surface area contributed by atoms with E-state index >= 15 is 0 Å². The summed E-state index contributed by atoms with van der Waals surface area (Å²) >= 11 is 0. The molecule has 4 saturated carbocycles. The fourth-order valence-electron chi connectivity index (χ4n) is 6.25. The Labute approximate surface area is 154 Å². The van der Waals surface area contributed by atoms with Crippen molar-refractivity contribution >= 4 is 22.6 Å². The molecule has 0 aliphatic heterocycles. The van der Waals surface area contributed by atoms with Crippen molar-refractivity contribution in [2.75, 3.05) is 0 Å². The number of para-hydroxylation sites is 1. The van der Waals surface area contributed by atoms with Gasteiger partial charge in [-0.1, -0.05) is 18.2 Å². The number of nitrogens with zero attached hydrogens (tertiary/aromatic N) is 1. The van der Waals surface area contributed by atoms with E-state index in [2.05, 4.69) is 17.5 Å². The summed E-state index contributed by atoms with van der Waals surface area (Å²) in [5.41, 5.74) is 5.74. The van der Waals surface area contributed by atoms with Crippen LogP contribution >= 0.6 is 0 Å². The number of hydrazone groups is 1. The second-order valence-corrected chi connectivity index (χ2v) is 8.89. The summed E-state index contributed by atoms with van der Waals surface area (Å²) in [6, 6.07) is 7.75. The van der Waals surface area contributed by atoms with Crippen molar-refractivity contribution < 1.29 is 9.21 Å². The minimum absolute atomic E-state index is 0.227. The predicted octanol–water partition coefficient (Wildman–Crippen LogP) is 5.06. The van der Waals surface area contributed by atoms with Crippen LogP contribution in [0.25, 0.3) is 11.0 Å². The largest absolute Gasteiger partial charge is 0.451 e. The van der Waals surface area contributed by atoms with Crippen molar-refractivity contribution in [1.82, 2.24) is 5.43 Å². The number of hydrogen-bond acceptors (Lipinski definition) is 3. The minimum Gasteiger partial charge on any atom is -0.451 e. The van der Waals surface area contributed by atoms with Gasteiger partial charge in [0.1, 0.15) is 5.58 Å². The van der Waals surface area contributed by atoms with Gasteiger partial charge < -0.3 is 4.42 Å². The highest BCUT2D eigenvalue weighted by Gasteiger charge is 2.52. The quantitative estimate of drug-likeness (QED) is 0.621. The molecule has 0 saturated heterocycles. The third-order valence-electron chi connectivity index (χ3n) is 7.18. The topological polar surface area (TPSA) is 54.6 Å². The zero-order valence-corrected chi connectivity index (χ0v) is 15.5. The first kappa shape index (κ1) is 16.1. The molecule has 6 rings (SSSR count). The van der Waals surface area contributed by atoms with Gasteiger partial charge in [0.2, 0.25) is 0 Å². The zero-order chi connectivity index (χ0) is 17.9. The van der Waals surface area contributed by atoms with Gasteiger partial charge in [-0.3, -0.25) is 4.79 Å². The Hall–Kier alpha value is -2.10. The Kier molecular flexibility index (Phi) is 3.53. The van der Waals surface area contributed by atoms with E-state index < -0.39 is 0 Å². The number of hydrogen-bond donors (Lipinski definition) is 1. The number of benzene rings is 1. The van der Waals surface area contributed by atoms with Gasteiger partial charge in [0, 0.05) is 22.1 Å². The molecule has 4 bridgehead atoms. The fourth-order valence-corrected chi connectivity index (χ4v) is 6.25. The highest BCUT2D eigenvalue weighted by molar-refractivity contribution is 5.99. The summed E-state index contributed by atoms with van der Waals surface area (Å²) in [6.45, 7) is 4.04. The summed E-state index contributed by atoms with van der Waals surface area (Å²) < 4.78 is 5.76. The van der Waals surface area contributed by atoms with Gasteiger partial charge in [-0.2, -0.15) is 5.10 Å². The van der Waals surface area contributed by atoms with Crippen molar-refractivity contribution in [2.45, 2.75) is 52.4 Å². The summed E-state index contributed by atoms with van der Waals surface area (Å²) in [5.74, 6) is 2.75. The molecule has 4 aliphatic rings. The lowest BCUT2D eigenvalue weighted by atomic mass is 9.48. The standard InChI is InChI=1S/C22H26N2O2/c1-13-18-5-3-4-6-19(18)26-20(13)21(25)24-23-14(2)22-10-15-7-16(11-22)9-17(8-15)12-22/h3-6,15-17H,7-12H2,1-2H3,(H,24,25)/b23-14-. The highest BCUT2D eigenvalue weighted by Crippen LogP contribution is 2.60. The lowest BCUT2D eigenvalue weighted by molar-refractivity contribution is -0.0128. The first-order valence-electron chi connectivity index (χ1n) is 9.87. The molecule has 1 amide bonds. The van der Waals surface area contributed by atoms with Gasteiger partial charge in [-0.05, 0) is 76.2 Å². The molecule has 2 aromatic rings. The van der Waals surface area contributed by atoms with Crippen LogP contribution in [0.5, 0.6) is 0 Å². The number of amides is 1. The second-order valence-electron chi connectivity index (χ2n) is 8.89. The van der Waals surface area contributed by atoms with Gasteiger partial charge in [0.05, 0.1) is 0 Å². The van der Waals surface area contributed by atoms with Crippen molar-refractivity contribution in [3.05, 3.63) is 35.6 Å². The molecular formula is C22H26N2O2. The molecule has 1 N–H and O–H groups in total. The molecule has 26 heavy (non-hydrogen) atoms. The average Bonchev–Trinajstić information content (AvgIpc) is 2.95. The number of aryl methyl sites for hydroxylation is 1. The molecule has 1 aromatic heterocycles. The predicted molar refractivity (Wildman–Crippen MR) is 102 cm³/mol. The lowest BCUT2D eigenvalue weighted by Gasteiger charge is -2.56. The minimum atomic E-state index is -0.247. The smallest absolute Gasteiger partial charge is 0.307 e. The van der Waals surface area contributed by atoms with E-state index in [1.165, 1.54) is 38.5 Å². The van der Waals surface area contributed by atoms with Gasteiger partial charge in [0.25, 0.3) is 0 Å². The van der Waals surface area contributed by atoms with E-state index in [0.29, 0.717) is 5.76 Å². The Morgan fingerprint density at radius 3 is 2.35 bits per heavy atom. The lowest BCUT2D eigenvalue weighted by Crippen LogP contribution is -2.49. The summed E-state index contributed by atoms with van der Waals surface area (Å²) in [7, 11) is 0. The number of nitrogens with one attached hydrogen (secondary N) is 1. The van der Waals surface area contributed by atoms with Crippen LogP contribution in [-0.4, -0.2) is 11.6 Å². The maximum atomic E-state index is 12.7. The van der Waals surface area contributed by atoms with Crippen LogP contribution in [0.1, 0.15) is 61.6 Å². The molecule has 0 spiro atoms. The molecule has 4 fully saturated rings. The van der Waals surface area contributed by atoms with Crippen molar-refractivity contribution in [2.24, 2.45) is 28.3 Å². The Morgan fingerprint density at radius 2 is 1.73 bits per heavy atom. The van der Waals surface area contributed by atoms with Crippen LogP contribution in [0.15, 0.2) is 33.8 Å². The molecule has 136 valence electrons. The molecule has 4 nitrogen and oxygen atoms in total. The number of carbonyl (C=O) groups excluding carboxylic acids is 1. The maximum absolute atomic E-state index is 12.7. The van der Waals surface area contributed by atoms with Gasteiger partial charge >= 0.3 is 5.91 Å². The number of furan rings is 1. The molecule has 0 radical (unpaired) electrons. The molecule has 1 aromatic carbocycles. The Bertz CT molecular complexity index is 873. The first-order chi connectivity index (χ1) is 12.5. The third kappa shape index (κ3) is 2.42. The van der Waals surface area contributed by atoms with Crippen LogP contribution in [0.4, 0.5) is 0 Å².